The van der Waals surface area contributed by atoms with E-state index in [0.717, 1.165) is 0 Å². The van der Waals surface area contributed by atoms with E-state index in [9.17, 15) is 99.0 Å². The minimum Gasteiger partial charge on any atom is -0.481 e. The molecule has 0 bridgehead atoms. The zero-order valence-electron chi connectivity index (χ0n) is 49.8. The number of rotatable bonds is 47. The summed E-state index contributed by atoms with van der Waals surface area (Å²) in [7, 11) is 0. The molecule has 0 aromatic rings. The van der Waals surface area contributed by atoms with Gasteiger partial charge in [-0.05, 0) is 175 Å². The van der Waals surface area contributed by atoms with Crippen LogP contribution in [0.1, 0.15) is 199 Å². The lowest BCUT2D eigenvalue weighted by atomic mass is 9.76. The molecule has 19 unspecified atom stereocenters. The smallest absolute Gasteiger partial charge is 0.306 e. The van der Waals surface area contributed by atoms with Crippen LogP contribution in [0.3, 0.4) is 0 Å². The maximum atomic E-state index is 12.6. The molecule has 0 amide bonds. The molecule has 10 N–H and O–H groups in total. The summed E-state index contributed by atoms with van der Waals surface area (Å²) < 4.78 is 0. The zero-order chi connectivity index (χ0) is 62.0. The summed E-state index contributed by atoms with van der Waals surface area (Å²) in [5, 5.41) is 100. The van der Waals surface area contributed by atoms with E-state index in [1.165, 1.54) is 0 Å². The highest BCUT2D eigenvalue weighted by molar-refractivity contribution is 5.74. The van der Waals surface area contributed by atoms with Crippen LogP contribution in [-0.2, 0) is 47.9 Å². The van der Waals surface area contributed by atoms with Crippen LogP contribution in [0.15, 0.2) is 0 Å². The van der Waals surface area contributed by atoms with Gasteiger partial charge in [-0.15, -0.1) is 0 Å². The number of carboxylic acids is 10. The standard InChI is InChI=1S/C60H102O20/c1-31(2)42(52(63)64)22-14-33(4)44(54(67)68)24-16-35(6)46(56(71)72)26-18-37(8)48(58(75)76)28-20-39(10)50(60(79)80)30-21-40(11)49(59(77)78)29-19-38(9)47(57(73)74)27-17-36(7)45(55(69)70)25-15-34(5)43(53(65)66)23-13-32(3)41(12)51(61)62/h31-50H,13-30H2,1-12H3,(H,61,62)(H,63,64)(H,65,66)(H,67,68)(H,69,70)(H,71,72)(H,73,74)(H,75,76)(H,77,78)(H,79,80). The second kappa shape index (κ2) is 36.9. The van der Waals surface area contributed by atoms with E-state index in [1.54, 1.807) is 83.1 Å². The molecule has 462 valence electrons. The SMILES string of the molecule is CC(C)C(CCC(C)C(CCC(C)C(CCC(C)C(CCC(C)C(CCC(C)C(CCC(C)C(CCC(C)C(CCC(C)C(CCC(C)C(C)C(=O)O)C(=O)O)C(=O)O)C(=O)O)C(=O)O)C(=O)O)C(=O)O)C(=O)O)C(=O)O)C(=O)O. The highest BCUT2D eigenvalue weighted by Crippen LogP contribution is 2.37. The first kappa shape index (κ1) is 74.7. The highest BCUT2D eigenvalue weighted by Gasteiger charge is 2.37. The second-order valence-electron chi connectivity index (χ2n) is 24.9. The van der Waals surface area contributed by atoms with Crippen molar-refractivity contribution in [2.75, 3.05) is 0 Å². The molecule has 19 atom stereocenters. The van der Waals surface area contributed by atoms with Crippen LogP contribution in [0.5, 0.6) is 0 Å². The Hall–Kier alpha value is -5.30. The predicted octanol–water partition coefficient (Wildman–Crippen LogP) is 11.4. The zero-order valence-corrected chi connectivity index (χ0v) is 49.8. The molecule has 0 aromatic carbocycles. The first-order valence-corrected chi connectivity index (χ1v) is 29.3. The molecule has 0 aliphatic heterocycles. The fourth-order valence-corrected chi connectivity index (χ4v) is 12.0. The molecule has 0 aromatic heterocycles. The molecule has 0 aliphatic rings. The first-order chi connectivity index (χ1) is 37.0. The number of aliphatic carboxylic acids is 10. The van der Waals surface area contributed by atoms with Gasteiger partial charge in [0.25, 0.3) is 0 Å². The van der Waals surface area contributed by atoms with Crippen molar-refractivity contribution in [3.8, 4) is 0 Å². The average Bonchev–Trinajstić information content (AvgIpc) is 3.32. The normalized spacial score (nSPS) is 19.1. The van der Waals surface area contributed by atoms with Crippen molar-refractivity contribution in [3.63, 3.8) is 0 Å². The molecule has 0 spiro atoms. The molecule has 0 saturated heterocycles. The molecule has 20 nitrogen and oxygen atoms in total. The summed E-state index contributed by atoms with van der Waals surface area (Å²) in [5.41, 5.74) is 0. The van der Waals surface area contributed by atoms with Crippen molar-refractivity contribution >= 4 is 59.7 Å². The Morgan fingerprint density at radius 1 is 0.188 bits per heavy atom. The lowest BCUT2D eigenvalue weighted by Gasteiger charge is -2.28. The van der Waals surface area contributed by atoms with Gasteiger partial charge in [-0.25, -0.2) is 0 Å². The molecule has 0 heterocycles. The Balaban J connectivity index is 5.66. The van der Waals surface area contributed by atoms with Gasteiger partial charge in [-0.3, -0.25) is 47.9 Å². The van der Waals surface area contributed by atoms with Crippen molar-refractivity contribution in [3.05, 3.63) is 0 Å². The van der Waals surface area contributed by atoms with Gasteiger partial charge in [0.15, 0.2) is 0 Å². The maximum Gasteiger partial charge on any atom is 0.306 e. The van der Waals surface area contributed by atoms with Crippen LogP contribution < -0.4 is 0 Å². The minimum absolute atomic E-state index is 0.0895. The van der Waals surface area contributed by atoms with Crippen LogP contribution >= 0.6 is 0 Å². The molecule has 0 aliphatic carbocycles. The highest BCUT2D eigenvalue weighted by atomic mass is 16.4. The molecular formula is C60H102O20. The Bertz CT molecular complexity index is 1980. The monoisotopic (exact) mass is 1140 g/mol. The van der Waals surface area contributed by atoms with Gasteiger partial charge in [0.2, 0.25) is 0 Å². The quantitative estimate of drug-likeness (QED) is 0.0270. The van der Waals surface area contributed by atoms with E-state index in [1.807, 2.05) is 0 Å². The Kier molecular flexibility index (Phi) is 34.5. The van der Waals surface area contributed by atoms with Gasteiger partial charge in [0.05, 0.1) is 59.2 Å². The third-order valence-electron chi connectivity index (χ3n) is 18.8. The third kappa shape index (κ3) is 26.1. The van der Waals surface area contributed by atoms with Crippen LogP contribution in [-0.4, -0.2) is 111 Å². The van der Waals surface area contributed by atoms with E-state index in [-0.39, 0.29) is 114 Å². The van der Waals surface area contributed by atoms with Crippen LogP contribution in [0, 0.1) is 118 Å². The lowest BCUT2D eigenvalue weighted by molar-refractivity contribution is -0.147. The predicted molar refractivity (Wildman–Crippen MR) is 297 cm³/mol. The summed E-state index contributed by atoms with van der Waals surface area (Å²) in [6, 6.07) is 0. The van der Waals surface area contributed by atoms with Gasteiger partial charge >= 0.3 is 59.7 Å². The Morgan fingerprint density at radius 3 is 0.425 bits per heavy atom. The molecule has 0 radical (unpaired) electrons. The topological polar surface area (TPSA) is 373 Å². The van der Waals surface area contributed by atoms with Crippen molar-refractivity contribution in [1.29, 1.82) is 0 Å². The fourth-order valence-electron chi connectivity index (χ4n) is 12.0. The van der Waals surface area contributed by atoms with Crippen molar-refractivity contribution in [2.45, 2.75) is 199 Å². The van der Waals surface area contributed by atoms with E-state index in [4.69, 9.17) is 0 Å². The van der Waals surface area contributed by atoms with Crippen LogP contribution in [0.4, 0.5) is 0 Å². The summed E-state index contributed by atoms with van der Waals surface area (Å²) in [6.07, 6.45) is 3.74. The first-order valence-electron chi connectivity index (χ1n) is 29.3. The van der Waals surface area contributed by atoms with Gasteiger partial charge in [0, 0.05) is 0 Å². The summed E-state index contributed by atoms with van der Waals surface area (Å²) in [5.74, 6) is -23.2. The lowest BCUT2D eigenvalue weighted by Crippen LogP contribution is -2.29. The largest absolute Gasteiger partial charge is 0.481 e. The van der Waals surface area contributed by atoms with E-state index >= 15 is 0 Å². The van der Waals surface area contributed by atoms with Crippen molar-refractivity contribution in [1.82, 2.24) is 0 Å². The van der Waals surface area contributed by atoms with E-state index in [2.05, 4.69) is 0 Å². The maximum absolute atomic E-state index is 12.6. The Labute approximate surface area is 474 Å². The van der Waals surface area contributed by atoms with Gasteiger partial charge in [-0.2, -0.15) is 0 Å². The number of hydrogen-bond acceptors (Lipinski definition) is 10. The van der Waals surface area contributed by atoms with Gasteiger partial charge < -0.3 is 51.1 Å². The van der Waals surface area contributed by atoms with Gasteiger partial charge in [0.1, 0.15) is 0 Å². The number of carbonyl (C=O) groups is 10. The molecule has 20 heteroatoms. The molecule has 0 fully saturated rings. The second-order valence-corrected chi connectivity index (χ2v) is 24.9. The third-order valence-corrected chi connectivity index (χ3v) is 18.8. The molecular weight excluding hydrogens is 1040 g/mol. The average molecular weight is 1140 g/mol. The number of hydrogen-bond donors (Lipinski definition) is 10. The van der Waals surface area contributed by atoms with E-state index < -0.39 is 160 Å². The van der Waals surface area contributed by atoms with E-state index in [0.29, 0.717) is 19.3 Å². The van der Waals surface area contributed by atoms with Crippen molar-refractivity contribution < 1.29 is 99.0 Å². The summed E-state index contributed by atoms with van der Waals surface area (Å²) in [4.78, 5) is 123. The fraction of sp³-hybridized carbons (Fsp3) is 0.833. The minimum atomic E-state index is -1.13. The Morgan fingerprint density at radius 2 is 0.312 bits per heavy atom. The molecule has 0 rings (SSSR count). The van der Waals surface area contributed by atoms with Crippen molar-refractivity contribution in [2.24, 2.45) is 118 Å². The number of carboxylic acid groups (broad SMARTS) is 10. The van der Waals surface area contributed by atoms with Crippen LogP contribution in [0.2, 0.25) is 0 Å². The summed E-state index contributed by atoms with van der Waals surface area (Å²) >= 11 is 0. The van der Waals surface area contributed by atoms with Gasteiger partial charge in [-0.1, -0.05) is 83.1 Å². The molecule has 0 saturated carbocycles. The molecule has 80 heavy (non-hydrogen) atoms. The summed E-state index contributed by atoms with van der Waals surface area (Å²) in [6.45, 7) is 20.6. The van der Waals surface area contributed by atoms with Crippen LogP contribution in [0.25, 0.3) is 0 Å².